The predicted molar refractivity (Wildman–Crippen MR) is 148 cm³/mol. The molecular weight excluding hydrogens is 495 g/mol. The first-order chi connectivity index (χ1) is 17.0. The van der Waals surface area contributed by atoms with Gasteiger partial charge < -0.3 is 4.74 Å². The second-order valence-electron chi connectivity index (χ2n) is 8.16. The van der Waals surface area contributed by atoms with Gasteiger partial charge in [0.2, 0.25) is 0 Å². The van der Waals surface area contributed by atoms with Crippen LogP contribution in [0.15, 0.2) is 63.9 Å². The van der Waals surface area contributed by atoms with E-state index in [0.29, 0.717) is 10.9 Å². The molecule has 0 spiro atoms. The van der Waals surface area contributed by atoms with Crippen molar-refractivity contribution in [3.63, 3.8) is 0 Å². The second kappa shape index (κ2) is 9.97. The Bertz CT molecular complexity index is 1570. The molecule has 0 aliphatic rings. The number of aryl methyl sites for hydroxylation is 3. The molecule has 0 aliphatic heterocycles. The minimum absolute atomic E-state index is 0.0183. The van der Waals surface area contributed by atoms with E-state index in [1.165, 1.54) is 0 Å². The molecule has 0 atom stereocenters. The maximum atomic E-state index is 13.9. The van der Waals surface area contributed by atoms with Gasteiger partial charge in [0.15, 0.2) is 5.16 Å². The van der Waals surface area contributed by atoms with Crippen molar-refractivity contribution in [1.29, 1.82) is 0 Å². The van der Waals surface area contributed by atoms with Gasteiger partial charge in [0, 0.05) is 21.6 Å². The number of benzene rings is 2. The number of aromatic nitrogens is 3. The molecule has 0 bridgehead atoms. The van der Waals surface area contributed by atoms with Gasteiger partial charge >= 0.3 is 0 Å². The van der Waals surface area contributed by atoms with E-state index in [1.54, 1.807) is 46.1 Å². The Morgan fingerprint density at radius 3 is 2.60 bits per heavy atom. The molecule has 0 saturated heterocycles. The van der Waals surface area contributed by atoms with Crippen molar-refractivity contribution in [3.8, 4) is 22.0 Å². The van der Waals surface area contributed by atoms with Crippen LogP contribution in [-0.4, -0.2) is 21.6 Å². The number of thiazole rings is 1. The fourth-order valence-corrected chi connectivity index (χ4v) is 7.15. The molecule has 0 aliphatic carbocycles. The van der Waals surface area contributed by atoms with Crippen molar-refractivity contribution >= 4 is 44.7 Å². The fraction of sp³-hybridized carbons (Fsp3) is 0.222. The molecule has 0 amide bonds. The summed E-state index contributed by atoms with van der Waals surface area (Å²) in [5.41, 5.74) is 4.94. The van der Waals surface area contributed by atoms with Crippen LogP contribution in [-0.2, 0) is 12.2 Å². The van der Waals surface area contributed by atoms with Crippen LogP contribution in [0.25, 0.3) is 26.5 Å². The van der Waals surface area contributed by atoms with Crippen LogP contribution in [0, 0.1) is 13.8 Å². The van der Waals surface area contributed by atoms with E-state index in [9.17, 15) is 4.79 Å². The number of nitrogens with zero attached hydrogens (tertiary/aromatic N) is 3. The summed E-state index contributed by atoms with van der Waals surface area (Å²) >= 11 is 4.78. The summed E-state index contributed by atoms with van der Waals surface area (Å²) in [6.07, 6.45) is 0.803. The van der Waals surface area contributed by atoms with Gasteiger partial charge in [-0.2, -0.15) is 0 Å². The van der Waals surface area contributed by atoms with Crippen LogP contribution in [0.5, 0.6) is 5.75 Å². The molecule has 0 saturated carbocycles. The highest BCUT2D eigenvalue weighted by atomic mass is 32.2. The Morgan fingerprint density at radius 2 is 1.89 bits per heavy atom. The summed E-state index contributed by atoms with van der Waals surface area (Å²) in [6, 6.07) is 16.0. The molecular formula is C27H25N3O2S3. The van der Waals surface area contributed by atoms with Gasteiger partial charge in [0.05, 0.1) is 23.9 Å². The van der Waals surface area contributed by atoms with Gasteiger partial charge in [-0.25, -0.2) is 9.97 Å². The van der Waals surface area contributed by atoms with Crippen molar-refractivity contribution in [3.05, 3.63) is 86.0 Å². The molecule has 5 rings (SSSR count). The molecule has 3 heterocycles. The van der Waals surface area contributed by atoms with Gasteiger partial charge in [-0.1, -0.05) is 49.0 Å². The molecule has 0 fully saturated rings. The highest BCUT2D eigenvalue weighted by Gasteiger charge is 2.20. The summed E-state index contributed by atoms with van der Waals surface area (Å²) in [4.78, 5) is 25.7. The first-order valence-corrected chi connectivity index (χ1v) is 14.0. The average Bonchev–Trinajstić information content (AvgIpc) is 3.47. The number of fused-ring (bicyclic) bond motifs is 1. The first-order valence-electron chi connectivity index (χ1n) is 11.3. The third-order valence-corrected chi connectivity index (χ3v) is 8.87. The van der Waals surface area contributed by atoms with E-state index < -0.39 is 0 Å². The number of hydrogen-bond acceptors (Lipinski definition) is 7. The minimum atomic E-state index is -0.0183. The fourth-order valence-electron chi connectivity index (χ4n) is 4.16. The van der Waals surface area contributed by atoms with Crippen LogP contribution in [0.1, 0.15) is 28.6 Å². The van der Waals surface area contributed by atoms with Gasteiger partial charge in [0.1, 0.15) is 15.6 Å². The number of methoxy groups -OCH3 is 1. The third kappa shape index (κ3) is 4.53. The first kappa shape index (κ1) is 23.8. The normalized spacial score (nSPS) is 11.3. The smallest absolute Gasteiger partial charge is 0.267 e. The van der Waals surface area contributed by atoms with Crippen molar-refractivity contribution in [2.45, 2.75) is 38.1 Å². The van der Waals surface area contributed by atoms with Gasteiger partial charge in [0.25, 0.3) is 5.56 Å². The minimum Gasteiger partial charge on any atom is -0.497 e. The van der Waals surface area contributed by atoms with E-state index >= 15 is 0 Å². The second-order valence-corrected chi connectivity index (χ2v) is 11.2. The Labute approximate surface area is 216 Å². The Hall–Kier alpha value is -2.94. The lowest BCUT2D eigenvalue weighted by atomic mass is 10.1. The standard InChI is InChI=1S/C27H25N3O2S3/c1-5-21-17(3)35-25-23(21)26(31)30(22-12-11-20(32-4)13-16(22)2)27(29-25)34-15-19-14-33-24(28-19)18-9-7-6-8-10-18/h6-14H,5,15H2,1-4H3. The van der Waals surface area contributed by atoms with Crippen LogP contribution in [0.2, 0.25) is 0 Å². The largest absolute Gasteiger partial charge is 0.497 e. The lowest BCUT2D eigenvalue weighted by Crippen LogP contribution is -2.22. The zero-order chi connectivity index (χ0) is 24.5. The molecule has 35 heavy (non-hydrogen) atoms. The number of hydrogen-bond donors (Lipinski definition) is 0. The highest BCUT2D eigenvalue weighted by molar-refractivity contribution is 7.98. The van der Waals surface area contributed by atoms with E-state index in [0.717, 1.165) is 60.3 Å². The van der Waals surface area contributed by atoms with E-state index in [1.807, 2.05) is 43.3 Å². The molecule has 8 heteroatoms. The van der Waals surface area contributed by atoms with Crippen LogP contribution < -0.4 is 10.3 Å². The lowest BCUT2D eigenvalue weighted by molar-refractivity contribution is 0.414. The molecule has 178 valence electrons. The SMILES string of the molecule is CCc1c(C)sc2nc(SCc3csc(-c4ccccc4)n3)n(-c3ccc(OC)cc3C)c(=O)c12. The number of rotatable bonds is 7. The van der Waals surface area contributed by atoms with Gasteiger partial charge in [-0.05, 0) is 49.6 Å². The van der Waals surface area contributed by atoms with Crippen molar-refractivity contribution in [1.82, 2.24) is 14.5 Å². The molecule has 3 aromatic heterocycles. The summed E-state index contributed by atoms with van der Waals surface area (Å²) in [7, 11) is 1.65. The molecule has 0 unspecified atom stereocenters. The summed E-state index contributed by atoms with van der Waals surface area (Å²) in [6.45, 7) is 6.15. The topological polar surface area (TPSA) is 57.0 Å². The summed E-state index contributed by atoms with van der Waals surface area (Å²) < 4.78 is 7.15. The number of thiophene rings is 1. The van der Waals surface area contributed by atoms with E-state index in [2.05, 4.69) is 31.4 Å². The van der Waals surface area contributed by atoms with Crippen molar-refractivity contribution in [2.24, 2.45) is 0 Å². The highest BCUT2D eigenvalue weighted by Crippen LogP contribution is 2.33. The van der Waals surface area contributed by atoms with Crippen LogP contribution >= 0.6 is 34.4 Å². The number of ether oxygens (including phenoxy) is 1. The lowest BCUT2D eigenvalue weighted by Gasteiger charge is -2.15. The predicted octanol–water partition coefficient (Wildman–Crippen LogP) is 7.05. The molecule has 2 aromatic carbocycles. The number of thioether (sulfide) groups is 1. The maximum Gasteiger partial charge on any atom is 0.267 e. The average molecular weight is 520 g/mol. The van der Waals surface area contributed by atoms with Crippen molar-refractivity contribution < 1.29 is 4.74 Å². The molecule has 5 nitrogen and oxygen atoms in total. The Kier molecular flexibility index (Phi) is 6.77. The zero-order valence-corrected chi connectivity index (χ0v) is 22.4. The van der Waals surface area contributed by atoms with E-state index in [4.69, 9.17) is 14.7 Å². The zero-order valence-electron chi connectivity index (χ0n) is 20.0. The Balaban J connectivity index is 1.59. The quantitative estimate of drug-likeness (QED) is 0.170. The van der Waals surface area contributed by atoms with Gasteiger partial charge in [-0.15, -0.1) is 22.7 Å². The van der Waals surface area contributed by atoms with Gasteiger partial charge in [-0.3, -0.25) is 9.36 Å². The summed E-state index contributed by atoms with van der Waals surface area (Å²) in [5, 5.41) is 4.48. The monoisotopic (exact) mass is 519 g/mol. The van der Waals surface area contributed by atoms with Crippen molar-refractivity contribution in [2.75, 3.05) is 7.11 Å². The molecule has 0 N–H and O–H groups in total. The maximum absolute atomic E-state index is 13.9. The Morgan fingerprint density at radius 1 is 1.09 bits per heavy atom. The molecule has 5 aromatic rings. The van der Waals surface area contributed by atoms with Crippen LogP contribution in [0.4, 0.5) is 0 Å². The molecule has 0 radical (unpaired) electrons. The third-order valence-electron chi connectivity index (χ3n) is 5.92. The van der Waals surface area contributed by atoms with Crippen LogP contribution in [0.3, 0.4) is 0 Å². The summed E-state index contributed by atoms with van der Waals surface area (Å²) in [5.74, 6) is 1.39. The van der Waals surface area contributed by atoms with E-state index in [-0.39, 0.29) is 5.56 Å².